The molecule has 0 aromatic heterocycles. The molecule has 2 rings (SSSR count). The molecule has 1 fully saturated rings. The molecular weight excluding hydrogens is 312 g/mol. The van der Waals surface area contributed by atoms with Crippen LogP contribution in [0.3, 0.4) is 0 Å². The van der Waals surface area contributed by atoms with E-state index in [0.29, 0.717) is 12.8 Å². The number of carbonyl (C=O) groups is 3. The summed E-state index contributed by atoms with van der Waals surface area (Å²) in [4.78, 5) is 35.3. The maximum Gasteiger partial charge on any atom is 0.407 e. The van der Waals surface area contributed by atoms with E-state index in [4.69, 9.17) is 5.11 Å². The monoisotopic (exact) mass is 334 g/mol. The summed E-state index contributed by atoms with van der Waals surface area (Å²) in [6.07, 6.45) is 0.593. The fourth-order valence-electron chi connectivity index (χ4n) is 2.83. The second kappa shape index (κ2) is 7.92. The summed E-state index contributed by atoms with van der Waals surface area (Å²) >= 11 is 0. The lowest BCUT2D eigenvalue weighted by atomic mass is 9.89. The molecule has 1 aliphatic rings. The van der Waals surface area contributed by atoms with Gasteiger partial charge in [-0.2, -0.15) is 0 Å². The molecule has 1 aliphatic heterocycles. The largest absolute Gasteiger partial charge is 0.465 e. The number of carboxylic acid groups (broad SMARTS) is 1. The fourth-order valence-corrected chi connectivity index (χ4v) is 2.83. The number of aliphatic hydroxyl groups is 1. The molecule has 2 amide bonds. The molecular formula is C17H22N2O5. The van der Waals surface area contributed by atoms with E-state index in [9.17, 15) is 19.5 Å². The predicted octanol–water partition coefficient (Wildman–Crippen LogP) is 1.33. The number of piperidine rings is 1. The lowest BCUT2D eigenvalue weighted by Gasteiger charge is -2.36. The quantitative estimate of drug-likeness (QED) is 0.680. The molecule has 1 aromatic carbocycles. The van der Waals surface area contributed by atoms with E-state index >= 15 is 0 Å². The van der Waals surface area contributed by atoms with Gasteiger partial charge in [-0.15, -0.1) is 0 Å². The van der Waals surface area contributed by atoms with Crippen LogP contribution in [-0.2, 0) is 9.59 Å². The minimum atomic E-state index is -1.58. The van der Waals surface area contributed by atoms with E-state index in [2.05, 4.69) is 5.32 Å². The topological polar surface area (TPSA) is 107 Å². The number of hydrogen-bond acceptors (Lipinski definition) is 4. The van der Waals surface area contributed by atoms with Crippen LogP contribution in [0.15, 0.2) is 30.3 Å². The maximum absolute atomic E-state index is 12.5. The second-order valence-electron chi connectivity index (χ2n) is 5.98. The van der Waals surface area contributed by atoms with Crippen LogP contribution in [0.4, 0.5) is 4.79 Å². The Balaban J connectivity index is 2.04. The highest BCUT2D eigenvalue weighted by Gasteiger charge is 2.41. The van der Waals surface area contributed by atoms with Crippen molar-refractivity contribution in [3.05, 3.63) is 35.9 Å². The average Bonchev–Trinajstić information content (AvgIpc) is 2.59. The van der Waals surface area contributed by atoms with Gasteiger partial charge in [0.15, 0.2) is 0 Å². The third-order valence-corrected chi connectivity index (χ3v) is 4.36. The number of amides is 2. The Morgan fingerprint density at radius 3 is 2.42 bits per heavy atom. The zero-order chi connectivity index (χ0) is 17.6. The third-order valence-electron chi connectivity index (χ3n) is 4.36. The Kier molecular flexibility index (Phi) is 5.92. The SMILES string of the molecule is O=CCC[C@H](NC(=O)C1(O)CCN(C(=O)O)CC1)c1ccccc1. The van der Waals surface area contributed by atoms with Crippen LogP contribution in [0.25, 0.3) is 0 Å². The molecule has 1 saturated heterocycles. The Bertz CT molecular complexity index is 582. The number of rotatable bonds is 6. The molecule has 1 heterocycles. The summed E-state index contributed by atoms with van der Waals surface area (Å²) in [5, 5.41) is 22.3. The molecule has 0 saturated carbocycles. The first-order chi connectivity index (χ1) is 11.5. The predicted molar refractivity (Wildman–Crippen MR) is 86.4 cm³/mol. The molecule has 130 valence electrons. The molecule has 0 radical (unpaired) electrons. The Hall–Kier alpha value is -2.41. The third kappa shape index (κ3) is 4.32. The van der Waals surface area contributed by atoms with Gasteiger partial charge in [0.2, 0.25) is 0 Å². The highest BCUT2D eigenvalue weighted by molar-refractivity contribution is 5.85. The van der Waals surface area contributed by atoms with Crippen LogP contribution in [0.2, 0.25) is 0 Å². The average molecular weight is 334 g/mol. The van der Waals surface area contributed by atoms with E-state index in [0.717, 1.165) is 11.8 Å². The van der Waals surface area contributed by atoms with Gasteiger partial charge in [0, 0.05) is 32.4 Å². The van der Waals surface area contributed by atoms with E-state index in [1.807, 2.05) is 30.3 Å². The zero-order valence-corrected chi connectivity index (χ0v) is 13.4. The number of nitrogens with zero attached hydrogens (tertiary/aromatic N) is 1. The Labute approximate surface area is 140 Å². The smallest absolute Gasteiger partial charge is 0.407 e. The van der Waals surface area contributed by atoms with Crippen LogP contribution in [-0.4, -0.2) is 52.1 Å². The van der Waals surface area contributed by atoms with Gasteiger partial charge in [-0.25, -0.2) is 4.79 Å². The van der Waals surface area contributed by atoms with Gasteiger partial charge in [0.1, 0.15) is 11.9 Å². The van der Waals surface area contributed by atoms with Crippen molar-refractivity contribution in [2.45, 2.75) is 37.3 Å². The normalized spacial score (nSPS) is 17.8. The van der Waals surface area contributed by atoms with Gasteiger partial charge < -0.3 is 25.2 Å². The molecule has 1 aromatic rings. The first-order valence-electron chi connectivity index (χ1n) is 7.96. The van der Waals surface area contributed by atoms with Crippen molar-refractivity contribution < 1.29 is 24.6 Å². The van der Waals surface area contributed by atoms with E-state index in [1.165, 1.54) is 4.90 Å². The summed E-state index contributed by atoms with van der Waals surface area (Å²) in [6, 6.07) is 8.88. The Morgan fingerprint density at radius 2 is 1.88 bits per heavy atom. The van der Waals surface area contributed by atoms with Crippen molar-refractivity contribution in [1.82, 2.24) is 10.2 Å². The van der Waals surface area contributed by atoms with Gasteiger partial charge >= 0.3 is 6.09 Å². The standard InChI is InChI=1S/C17H22N2O5/c20-12-4-7-14(13-5-2-1-3-6-13)18-15(21)17(24)8-10-19(11-9-17)16(22)23/h1-3,5-6,12,14,24H,4,7-11H2,(H,18,21)(H,22,23)/t14-/m0/s1. The zero-order valence-electron chi connectivity index (χ0n) is 13.4. The minimum Gasteiger partial charge on any atom is -0.465 e. The molecule has 0 spiro atoms. The van der Waals surface area contributed by atoms with Crippen molar-refractivity contribution in [2.24, 2.45) is 0 Å². The first kappa shape index (κ1) is 17.9. The summed E-state index contributed by atoms with van der Waals surface area (Å²) in [5.41, 5.74) is -0.723. The summed E-state index contributed by atoms with van der Waals surface area (Å²) < 4.78 is 0. The maximum atomic E-state index is 12.5. The van der Waals surface area contributed by atoms with Gasteiger partial charge in [-0.1, -0.05) is 30.3 Å². The van der Waals surface area contributed by atoms with Crippen molar-refractivity contribution >= 4 is 18.3 Å². The fraction of sp³-hybridized carbons (Fsp3) is 0.471. The van der Waals surface area contributed by atoms with Gasteiger partial charge in [-0.3, -0.25) is 4.79 Å². The van der Waals surface area contributed by atoms with Crippen LogP contribution in [0.5, 0.6) is 0 Å². The van der Waals surface area contributed by atoms with E-state index in [-0.39, 0.29) is 32.0 Å². The molecule has 3 N–H and O–H groups in total. The molecule has 7 heteroatoms. The van der Waals surface area contributed by atoms with Gasteiger partial charge in [0.25, 0.3) is 5.91 Å². The second-order valence-corrected chi connectivity index (χ2v) is 5.98. The lowest BCUT2D eigenvalue weighted by molar-refractivity contribution is -0.145. The summed E-state index contributed by atoms with van der Waals surface area (Å²) in [7, 11) is 0. The molecule has 0 bridgehead atoms. The lowest BCUT2D eigenvalue weighted by Crippen LogP contribution is -2.55. The molecule has 0 aliphatic carbocycles. The summed E-state index contributed by atoms with van der Waals surface area (Å²) in [5.74, 6) is -0.521. The molecule has 0 unspecified atom stereocenters. The number of benzene rings is 1. The minimum absolute atomic E-state index is 0.0559. The van der Waals surface area contributed by atoms with Crippen molar-refractivity contribution in [3.63, 3.8) is 0 Å². The van der Waals surface area contributed by atoms with Crippen molar-refractivity contribution in [2.75, 3.05) is 13.1 Å². The van der Waals surface area contributed by atoms with Gasteiger partial charge in [0.05, 0.1) is 6.04 Å². The summed E-state index contributed by atoms with van der Waals surface area (Å²) in [6.45, 7) is 0.229. The Morgan fingerprint density at radius 1 is 1.25 bits per heavy atom. The van der Waals surface area contributed by atoms with E-state index in [1.54, 1.807) is 0 Å². The number of likely N-dealkylation sites (tertiary alicyclic amines) is 1. The molecule has 7 nitrogen and oxygen atoms in total. The van der Waals surface area contributed by atoms with Crippen LogP contribution in [0, 0.1) is 0 Å². The number of hydrogen-bond donors (Lipinski definition) is 3. The first-order valence-corrected chi connectivity index (χ1v) is 7.96. The highest BCUT2D eigenvalue weighted by atomic mass is 16.4. The number of carbonyl (C=O) groups excluding carboxylic acids is 2. The highest BCUT2D eigenvalue weighted by Crippen LogP contribution is 2.25. The molecule has 1 atom stereocenters. The van der Waals surface area contributed by atoms with Crippen LogP contribution >= 0.6 is 0 Å². The van der Waals surface area contributed by atoms with Crippen molar-refractivity contribution in [3.8, 4) is 0 Å². The van der Waals surface area contributed by atoms with Crippen LogP contribution in [0.1, 0.15) is 37.3 Å². The van der Waals surface area contributed by atoms with Crippen LogP contribution < -0.4 is 5.32 Å². The number of nitrogens with one attached hydrogen (secondary N) is 1. The molecule has 24 heavy (non-hydrogen) atoms. The van der Waals surface area contributed by atoms with Gasteiger partial charge in [-0.05, 0) is 12.0 Å². The number of aldehydes is 1. The van der Waals surface area contributed by atoms with E-state index < -0.39 is 17.6 Å². The van der Waals surface area contributed by atoms with Crippen molar-refractivity contribution in [1.29, 1.82) is 0 Å².